The number of fused-ring (bicyclic) bond motifs is 1. The Hall–Kier alpha value is -2.34. The third kappa shape index (κ3) is 5.82. The van der Waals surface area contributed by atoms with Crippen LogP contribution in [0.25, 0.3) is 10.9 Å². The lowest BCUT2D eigenvalue weighted by Gasteiger charge is -2.30. The topological polar surface area (TPSA) is 82.6 Å². The van der Waals surface area contributed by atoms with Crippen molar-refractivity contribution in [1.29, 1.82) is 0 Å². The molecule has 27 heavy (non-hydrogen) atoms. The third-order valence-electron chi connectivity index (χ3n) is 4.10. The van der Waals surface area contributed by atoms with E-state index in [0.717, 1.165) is 0 Å². The molecule has 0 bridgehead atoms. The van der Waals surface area contributed by atoms with Crippen molar-refractivity contribution in [3.63, 3.8) is 0 Å². The number of hydrogen-bond donors (Lipinski definition) is 2. The van der Waals surface area contributed by atoms with Gasteiger partial charge in [0.1, 0.15) is 5.75 Å². The first kappa shape index (κ1) is 15.7. The molecule has 0 atom stereocenters. The number of aromatic amines is 1. The summed E-state index contributed by atoms with van der Waals surface area (Å²) in [7, 11) is 0. The predicted molar refractivity (Wildman–Crippen MR) is 106 cm³/mol. The zero-order chi connectivity index (χ0) is 23.6. The summed E-state index contributed by atoms with van der Waals surface area (Å²) in [4.78, 5) is 27.3. The average Bonchev–Trinajstić information content (AvgIpc) is 3.06. The number of aliphatic carboxylic acids is 1. The Morgan fingerprint density at radius 2 is 1.93 bits per heavy atom. The normalized spacial score (nSPS) is 14.9. The molecular formula is C21H30N2O4. The second-order valence-corrected chi connectivity index (χ2v) is 6.93. The van der Waals surface area contributed by atoms with Crippen LogP contribution in [0.4, 0.5) is 0 Å². The number of H-pyrrole nitrogens is 1. The van der Waals surface area contributed by atoms with Gasteiger partial charge < -0.3 is 14.8 Å². The highest BCUT2D eigenvalue weighted by Crippen LogP contribution is 2.30. The second-order valence-electron chi connectivity index (χ2n) is 6.93. The highest BCUT2D eigenvalue weighted by molar-refractivity contribution is 5.91. The van der Waals surface area contributed by atoms with Crippen molar-refractivity contribution in [2.24, 2.45) is 0 Å². The van der Waals surface area contributed by atoms with E-state index < -0.39 is 24.8 Å². The molecule has 0 aliphatic rings. The lowest BCUT2D eigenvalue weighted by molar-refractivity contribution is -0.137. The maximum absolute atomic E-state index is 12.2. The van der Waals surface area contributed by atoms with Gasteiger partial charge in [0, 0.05) is 54.0 Å². The molecule has 2 N–H and O–H groups in total. The van der Waals surface area contributed by atoms with Gasteiger partial charge in [0.15, 0.2) is 0 Å². The van der Waals surface area contributed by atoms with E-state index in [-0.39, 0.29) is 48.0 Å². The Bertz CT molecular complexity index is 933. The SMILES string of the molecule is [2H]C([2H])(c1c[nH]c2cccc(OC(=O)CCCC(=O)O)c12)C([2H])([2H])N(C(C)C)C(C)C. The highest BCUT2D eigenvalue weighted by Gasteiger charge is 2.17. The number of carboxylic acids is 1. The van der Waals surface area contributed by atoms with Gasteiger partial charge in [-0.05, 0) is 58.2 Å². The first-order valence-corrected chi connectivity index (χ1v) is 9.12. The van der Waals surface area contributed by atoms with Gasteiger partial charge in [-0.15, -0.1) is 0 Å². The maximum Gasteiger partial charge on any atom is 0.311 e. The van der Waals surface area contributed by atoms with Gasteiger partial charge in [-0.1, -0.05) is 6.07 Å². The van der Waals surface area contributed by atoms with Gasteiger partial charge in [0.25, 0.3) is 0 Å². The van der Waals surface area contributed by atoms with E-state index in [1.54, 1.807) is 12.1 Å². The van der Waals surface area contributed by atoms with Gasteiger partial charge >= 0.3 is 11.9 Å². The van der Waals surface area contributed by atoms with Crippen molar-refractivity contribution in [1.82, 2.24) is 9.88 Å². The molecule has 1 heterocycles. The van der Waals surface area contributed by atoms with E-state index in [4.69, 9.17) is 15.3 Å². The number of carboxylic acid groups (broad SMARTS) is 1. The van der Waals surface area contributed by atoms with Crippen molar-refractivity contribution >= 4 is 22.8 Å². The molecule has 0 aliphatic carbocycles. The molecule has 2 aromatic rings. The van der Waals surface area contributed by atoms with E-state index in [2.05, 4.69) is 4.98 Å². The second kappa shape index (κ2) is 9.55. The van der Waals surface area contributed by atoms with Crippen LogP contribution < -0.4 is 4.74 Å². The Balaban J connectivity index is 2.46. The van der Waals surface area contributed by atoms with Gasteiger partial charge in [-0.25, -0.2) is 0 Å². The molecule has 0 saturated heterocycles. The van der Waals surface area contributed by atoms with Crippen LogP contribution in [-0.4, -0.2) is 45.5 Å². The lowest BCUT2D eigenvalue weighted by Crippen LogP contribution is -2.38. The van der Waals surface area contributed by atoms with Crippen LogP contribution in [0, 0.1) is 0 Å². The van der Waals surface area contributed by atoms with Crippen molar-refractivity contribution in [3.8, 4) is 5.75 Å². The predicted octanol–water partition coefficient (Wildman–Crippen LogP) is 3.99. The van der Waals surface area contributed by atoms with E-state index in [9.17, 15) is 9.59 Å². The molecule has 0 saturated carbocycles. The van der Waals surface area contributed by atoms with Crippen molar-refractivity contribution < 1.29 is 24.9 Å². The molecule has 6 heteroatoms. The monoisotopic (exact) mass is 378 g/mol. The number of nitrogens with one attached hydrogen (secondary N) is 1. The first-order valence-electron chi connectivity index (χ1n) is 11.1. The van der Waals surface area contributed by atoms with Crippen LogP contribution in [0.3, 0.4) is 0 Å². The van der Waals surface area contributed by atoms with Crippen LogP contribution in [0.5, 0.6) is 5.75 Å². The van der Waals surface area contributed by atoms with Gasteiger partial charge in [-0.2, -0.15) is 0 Å². The molecular weight excluding hydrogens is 344 g/mol. The Kier molecular flexibility index (Phi) is 5.55. The number of carbonyl (C=O) groups is 2. The number of hydrogen-bond acceptors (Lipinski definition) is 4. The fourth-order valence-electron chi connectivity index (χ4n) is 2.87. The summed E-state index contributed by atoms with van der Waals surface area (Å²) in [5.41, 5.74) is 0.555. The summed E-state index contributed by atoms with van der Waals surface area (Å²) in [6.07, 6.45) is -1.15. The summed E-state index contributed by atoms with van der Waals surface area (Å²) >= 11 is 0. The summed E-state index contributed by atoms with van der Waals surface area (Å²) < 4.78 is 40.3. The molecule has 0 amide bonds. The van der Waals surface area contributed by atoms with Crippen LogP contribution >= 0.6 is 0 Å². The molecule has 148 valence electrons. The Morgan fingerprint density at radius 1 is 1.22 bits per heavy atom. The van der Waals surface area contributed by atoms with Crippen molar-refractivity contribution in [3.05, 3.63) is 30.0 Å². The molecule has 2 rings (SSSR count). The van der Waals surface area contributed by atoms with E-state index >= 15 is 0 Å². The zero-order valence-electron chi connectivity index (χ0n) is 20.2. The quantitative estimate of drug-likeness (QED) is 0.482. The number of aryl methyl sites for hydroxylation is 1. The summed E-state index contributed by atoms with van der Waals surface area (Å²) in [5.74, 6) is -1.53. The average molecular weight is 379 g/mol. The number of benzene rings is 1. The van der Waals surface area contributed by atoms with E-state index in [0.29, 0.717) is 5.52 Å². The van der Waals surface area contributed by atoms with Gasteiger partial charge in [0.2, 0.25) is 0 Å². The van der Waals surface area contributed by atoms with Crippen molar-refractivity contribution in [2.75, 3.05) is 6.50 Å². The molecule has 0 spiro atoms. The first-order chi connectivity index (χ1) is 14.3. The fourth-order valence-corrected chi connectivity index (χ4v) is 2.87. The van der Waals surface area contributed by atoms with Crippen LogP contribution in [0.15, 0.2) is 24.4 Å². The fraction of sp³-hybridized carbons (Fsp3) is 0.524. The van der Waals surface area contributed by atoms with E-state index in [1.807, 2.05) is 27.7 Å². The lowest BCUT2D eigenvalue weighted by atomic mass is 10.1. The summed E-state index contributed by atoms with van der Waals surface area (Å²) in [6, 6.07) is 4.35. The van der Waals surface area contributed by atoms with Crippen LogP contribution in [0.1, 0.15) is 58.0 Å². The number of ether oxygens (including phenoxy) is 1. The maximum atomic E-state index is 12.2. The standard InChI is InChI=1S/C21H30N2O4/c1-14(2)23(15(3)4)12-11-16-13-22-17-7-5-8-18(21(16)17)27-20(26)10-6-9-19(24)25/h5,7-8,13-15,22H,6,9-12H2,1-4H3,(H,24,25)/i11D2,12D2. The largest absolute Gasteiger partial charge is 0.481 e. The minimum absolute atomic E-state index is 0.0488. The molecule has 0 unspecified atom stereocenters. The number of aromatic nitrogens is 1. The minimum Gasteiger partial charge on any atom is -0.481 e. The van der Waals surface area contributed by atoms with Crippen molar-refractivity contribution in [2.45, 2.75) is 65.4 Å². The van der Waals surface area contributed by atoms with Gasteiger partial charge in [0.05, 0.1) is 0 Å². The molecule has 1 aromatic heterocycles. The molecule has 0 radical (unpaired) electrons. The Labute approximate surface area is 166 Å². The van der Waals surface area contributed by atoms with Crippen LogP contribution in [-0.2, 0) is 16.0 Å². The summed E-state index contributed by atoms with van der Waals surface area (Å²) in [5, 5.41) is 9.00. The van der Waals surface area contributed by atoms with E-state index in [1.165, 1.54) is 17.2 Å². The molecule has 6 nitrogen and oxygen atoms in total. The van der Waals surface area contributed by atoms with Gasteiger partial charge in [-0.3, -0.25) is 14.5 Å². The van der Waals surface area contributed by atoms with Crippen LogP contribution in [0.2, 0.25) is 0 Å². The highest BCUT2D eigenvalue weighted by atomic mass is 16.5. The zero-order valence-corrected chi connectivity index (χ0v) is 16.2. The number of rotatable bonds is 10. The smallest absolute Gasteiger partial charge is 0.311 e. The Morgan fingerprint density at radius 3 is 2.56 bits per heavy atom. The summed E-state index contributed by atoms with van der Waals surface area (Å²) in [6.45, 7) is 4.89. The number of esters is 1. The molecule has 1 aromatic carbocycles. The minimum atomic E-state index is -2.44. The number of nitrogens with zero attached hydrogens (tertiary/aromatic N) is 1. The molecule has 0 aliphatic heterocycles. The molecule has 0 fully saturated rings. The third-order valence-corrected chi connectivity index (χ3v) is 4.10. The number of carbonyl (C=O) groups excluding carboxylic acids is 1.